The fourth-order valence-corrected chi connectivity index (χ4v) is 6.57. The third-order valence-corrected chi connectivity index (χ3v) is 9.01. The number of fused-ring (bicyclic) bond motifs is 1. The van der Waals surface area contributed by atoms with E-state index >= 15 is 0 Å². The van der Waals surface area contributed by atoms with E-state index in [-0.39, 0.29) is 30.5 Å². The molecule has 1 atom stereocenters. The molecule has 5 rings (SSSR count). The summed E-state index contributed by atoms with van der Waals surface area (Å²) in [5.74, 6) is -0.0473. The first-order chi connectivity index (χ1) is 18.9. The molecule has 1 saturated carbocycles. The normalized spacial score (nSPS) is 24.9. The number of aliphatic hydroxyl groups is 1. The summed E-state index contributed by atoms with van der Waals surface area (Å²) in [5, 5.41) is 11.7. The number of amides is 3. The summed E-state index contributed by atoms with van der Waals surface area (Å²) >= 11 is 0. The second-order valence-corrected chi connectivity index (χ2v) is 11.5. The standard InChI is InChI=1S/C29H41N5O5/c1-31-25-17-20(8-11-23(25)34(29(31)39)24-12-13-26(36)30-28(24)38)5-3-2-4-14-32-15-16-33(18-27(32)37)22-9-6-21(19-35)7-10-22/h8,11,17,21-22,24,35H,2-7,9-10,12-16,18-19H2,1H3,(H,30,36,38). The van der Waals surface area contributed by atoms with Gasteiger partial charge < -0.3 is 10.0 Å². The zero-order valence-electron chi connectivity index (χ0n) is 22.9. The minimum absolute atomic E-state index is 0.227. The number of hydrogen-bond acceptors (Lipinski definition) is 6. The highest BCUT2D eigenvalue weighted by atomic mass is 16.3. The van der Waals surface area contributed by atoms with Crippen LogP contribution in [0.3, 0.4) is 0 Å². The van der Waals surface area contributed by atoms with Crippen LogP contribution in [0.15, 0.2) is 23.0 Å². The quantitative estimate of drug-likeness (QED) is 0.370. The number of unbranched alkanes of at least 4 members (excludes halogenated alkanes) is 2. The number of aliphatic hydroxyl groups excluding tert-OH is 1. The number of aryl methyl sites for hydroxylation is 2. The van der Waals surface area contributed by atoms with Gasteiger partial charge in [0.05, 0.1) is 17.6 Å². The molecule has 1 unspecified atom stereocenters. The van der Waals surface area contributed by atoms with E-state index in [9.17, 15) is 24.3 Å². The van der Waals surface area contributed by atoms with Crippen LogP contribution < -0.4 is 11.0 Å². The minimum Gasteiger partial charge on any atom is -0.396 e. The second kappa shape index (κ2) is 12.0. The Morgan fingerprint density at radius 1 is 0.949 bits per heavy atom. The van der Waals surface area contributed by atoms with E-state index in [2.05, 4.69) is 10.2 Å². The fraction of sp³-hybridized carbons (Fsp3) is 0.655. The SMILES string of the molecule is Cn1c(=O)n(C2CCC(=O)NC2=O)c2ccc(CCCCCN3CCN(C4CCC(CO)CC4)CC3=O)cc21. The first-order valence-electron chi connectivity index (χ1n) is 14.5. The van der Waals surface area contributed by atoms with E-state index < -0.39 is 11.9 Å². The highest BCUT2D eigenvalue weighted by Crippen LogP contribution is 2.28. The van der Waals surface area contributed by atoms with Crippen LogP contribution in [0, 0.1) is 5.92 Å². The van der Waals surface area contributed by atoms with E-state index in [1.165, 1.54) is 4.57 Å². The van der Waals surface area contributed by atoms with Gasteiger partial charge in [-0.2, -0.15) is 0 Å². The number of aromatic nitrogens is 2. The number of piperidine rings is 1. The predicted molar refractivity (Wildman–Crippen MR) is 147 cm³/mol. The number of benzene rings is 1. The van der Waals surface area contributed by atoms with Crippen molar-refractivity contribution >= 4 is 28.8 Å². The van der Waals surface area contributed by atoms with E-state index in [0.29, 0.717) is 30.4 Å². The van der Waals surface area contributed by atoms with Gasteiger partial charge in [0.15, 0.2) is 0 Å². The van der Waals surface area contributed by atoms with Crippen molar-refractivity contribution in [2.75, 3.05) is 32.8 Å². The zero-order valence-corrected chi connectivity index (χ0v) is 22.9. The number of piperazine rings is 1. The smallest absolute Gasteiger partial charge is 0.329 e. The maximum atomic E-state index is 13.0. The number of rotatable bonds is 9. The van der Waals surface area contributed by atoms with Crippen LogP contribution in [-0.4, -0.2) is 80.6 Å². The molecule has 1 aromatic heterocycles. The first kappa shape index (κ1) is 27.6. The minimum atomic E-state index is -0.671. The molecule has 10 nitrogen and oxygen atoms in total. The van der Waals surface area contributed by atoms with Crippen molar-refractivity contribution in [3.8, 4) is 0 Å². The summed E-state index contributed by atoms with van der Waals surface area (Å²) in [6, 6.07) is 5.76. The number of nitrogens with zero attached hydrogens (tertiary/aromatic N) is 4. The van der Waals surface area contributed by atoms with Gasteiger partial charge in [-0.15, -0.1) is 0 Å². The number of carbonyl (C=O) groups excluding carboxylic acids is 3. The van der Waals surface area contributed by atoms with Gasteiger partial charge >= 0.3 is 5.69 Å². The Bertz CT molecular complexity index is 1270. The molecule has 2 aliphatic heterocycles. The molecular formula is C29H41N5O5. The molecule has 3 amide bonds. The van der Waals surface area contributed by atoms with Crippen molar-refractivity contribution in [3.63, 3.8) is 0 Å². The summed E-state index contributed by atoms with van der Waals surface area (Å²) in [5.41, 5.74) is 2.38. The van der Waals surface area contributed by atoms with Crippen molar-refractivity contribution in [1.29, 1.82) is 0 Å². The van der Waals surface area contributed by atoms with Gasteiger partial charge in [0, 0.05) is 45.8 Å². The first-order valence-corrected chi connectivity index (χ1v) is 14.5. The molecule has 3 aliphatic rings. The number of imidazole rings is 1. The lowest BCUT2D eigenvalue weighted by molar-refractivity contribution is -0.138. The van der Waals surface area contributed by atoms with Crippen LogP contribution in [-0.2, 0) is 27.9 Å². The second-order valence-electron chi connectivity index (χ2n) is 11.5. The van der Waals surface area contributed by atoms with Gasteiger partial charge in [0.25, 0.3) is 0 Å². The monoisotopic (exact) mass is 539 g/mol. The number of carbonyl (C=O) groups is 3. The van der Waals surface area contributed by atoms with E-state index in [1.807, 2.05) is 23.1 Å². The highest BCUT2D eigenvalue weighted by Gasteiger charge is 2.32. The average molecular weight is 540 g/mol. The molecule has 1 aliphatic carbocycles. The van der Waals surface area contributed by atoms with Crippen LogP contribution in [0.25, 0.3) is 11.0 Å². The van der Waals surface area contributed by atoms with Crippen molar-refractivity contribution < 1.29 is 19.5 Å². The van der Waals surface area contributed by atoms with E-state index in [0.717, 1.165) is 82.1 Å². The fourth-order valence-electron chi connectivity index (χ4n) is 6.57. The average Bonchev–Trinajstić information content (AvgIpc) is 3.18. The van der Waals surface area contributed by atoms with E-state index in [1.54, 1.807) is 11.6 Å². The maximum absolute atomic E-state index is 13.0. The van der Waals surface area contributed by atoms with Gasteiger partial charge in [0.1, 0.15) is 6.04 Å². The van der Waals surface area contributed by atoms with Crippen LogP contribution in [0.4, 0.5) is 0 Å². The molecule has 212 valence electrons. The topological polar surface area (TPSA) is 117 Å². The molecule has 0 radical (unpaired) electrons. The molecule has 0 spiro atoms. The maximum Gasteiger partial charge on any atom is 0.329 e. The third kappa shape index (κ3) is 5.96. The van der Waals surface area contributed by atoms with Gasteiger partial charge in [-0.05, 0) is 75.0 Å². The predicted octanol–water partition coefficient (Wildman–Crippen LogP) is 1.73. The zero-order chi connectivity index (χ0) is 27.5. The molecule has 2 N–H and O–H groups in total. The van der Waals surface area contributed by atoms with Crippen molar-refractivity contribution in [1.82, 2.24) is 24.3 Å². The molecule has 10 heteroatoms. The molecule has 39 heavy (non-hydrogen) atoms. The molecular weight excluding hydrogens is 498 g/mol. The van der Waals surface area contributed by atoms with Gasteiger partial charge in [0.2, 0.25) is 17.7 Å². The number of hydrogen-bond donors (Lipinski definition) is 2. The van der Waals surface area contributed by atoms with Crippen LogP contribution in [0.2, 0.25) is 0 Å². The molecule has 3 fully saturated rings. The van der Waals surface area contributed by atoms with Gasteiger partial charge in [-0.3, -0.25) is 33.7 Å². The Labute approximate surface area is 228 Å². The number of nitrogens with one attached hydrogen (secondary N) is 1. The lowest BCUT2D eigenvalue weighted by Gasteiger charge is -2.41. The van der Waals surface area contributed by atoms with Gasteiger partial charge in [-0.25, -0.2) is 4.79 Å². The van der Waals surface area contributed by atoms with Crippen molar-refractivity contribution in [3.05, 3.63) is 34.2 Å². The Balaban J connectivity index is 1.09. The lowest BCUT2D eigenvalue weighted by Crippen LogP contribution is -2.54. The van der Waals surface area contributed by atoms with Crippen molar-refractivity contribution in [2.24, 2.45) is 13.0 Å². The molecule has 2 aromatic rings. The number of imide groups is 1. The Morgan fingerprint density at radius 3 is 2.46 bits per heavy atom. The van der Waals surface area contributed by atoms with E-state index in [4.69, 9.17) is 0 Å². The summed E-state index contributed by atoms with van der Waals surface area (Å²) in [4.78, 5) is 54.0. The van der Waals surface area contributed by atoms with Gasteiger partial charge in [-0.1, -0.05) is 12.5 Å². The molecule has 3 heterocycles. The molecule has 0 bridgehead atoms. The molecule has 2 saturated heterocycles. The summed E-state index contributed by atoms with van der Waals surface area (Å²) < 4.78 is 3.09. The van der Waals surface area contributed by atoms with Crippen molar-refractivity contribution in [2.45, 2.75) is 76.3 Å². The molecule has 1 aromatic carbocycles. The highest BCUT2D eigenvalue weighted by molar-refractivity contribution is 6.00. The van der Waals surface area contributed by atoms with Crippen LogP contribution >= 0.6 is 0 Å². The summed E-state index contributed by atoms with van der Waals surface area (Å²) in [7, 11) is 1.72. The lowest BCUT2D eigenvalue weighted by atomic mass is 9.85. The largest absolute Gasteiger partial charge is 0.396 e. The van der Waals surface area contributed by atoms with Crippen LogP contribution in [0.1, 0.15) is 69.4 Å². The summed E-state index contributed by atoms with van der Waals surface area (Å²) in [6.45, 7) is 3.34. The Kier molecular flexibility index (Phi) is 8.52. The Morgan fingerprint density at radius 2 is 1.74 bits per heavy atom. The summed E-state index contributed by atoms with van der Waals surface area (Å²) in [6.07, 6.45) is 8.71. The Hall–Kier alpha value is -2.98. The third-order valence-electron chi connectivity index (χ3n) is 9.01. The van der Waals surface area contributed by atoms with Crippen LogP contribution in [0.5, 0.6) is 0 Å².